The number of ether oxygens (including phenoxy) is 1. The van der Waals surface area contributed by atoms with Gasteiger partial charge in [0.2, 0.25) is 0 Å². The average molecular weight is 880 g/mol. The van der Waals surface area contributed by atoms with Gasteiger partial charge in [0, 0.05) is 23.1 Å². The lowest BCUT2D eigenvalue weighted by Crippen LogP contribution is -2.72. The Kier molecular flexibility index (Phi) is 18.1. The molecule has 0 aliphatic carbocycles. The van der Waals surface area contributed by atoms with Gasteiger partial charge in [-0.3, -0.25) is 4.79 Å². The number of carbonyl (C=O) groups is 1. The summed E-state index contributed by atoms with van der Waals surface area (Å²) in [5.74, 6) is -0.521. The van der Waals surface area contributed by atoms with Crippen molar-refractivity contribution in [3.8, 4) is 0 Å². The summed E-state index contributed by atoms with van der Waals surface area (Å²) in [6.07, 6.45) is 6.34. The lowest BCUT2D eigenvalue weighted by atomic mass is 9.71. The van der Waals surface area contributed by atoms with Crippen LogP contribution < -0.4 is 15.6 Å². The van der Waals surface area contributed by atoms with E-state index in [0.717, 1.165) is 51.1 Å². The Morgan fingerprint density at radius 1 is 0.852 bits per heavy atom. The molecule has 0 aliphatic heterocycles. The van der Waals surface area contributed by atoms with Crippen molar-refractivity contribution in [1.29, 1.82) is 0 Å². The minimum atomic E-state index is -3.35. The fourth-order valence-corrected chi connectivity index (χ4v) is 14.4. The smallest absolute Gasteiger partial charge is 0.309 e. The Morgan fingerprint density at radius 3 is 1.82 bits per heavy atom. The monoisotopic (exact) mass is 879 g/mol. The van der Waals surface area contributed by atoms with Crippen molar-refractivity contribution in [1.82, 2.24) is 4.98 Å². The van der Waals surface area contributed by atoms with Crippen molar-refractivity contribution in [2.24, 2.45) is 17.3 Å². The fraction of sp³-hybridized carbons (Fsp3) is 0.462. The molecule has 3 aromatic carbocycles. The summed E-state index contributed by atoms with van der Waals surface area (Å²) in [6.45, 7) is 32.0. The molecule has 4 aromatic rings. The Morgan fingerprint density at radius 2 is 1.38 bits per heavy atom. The van der Waals surface area contributed by atoms with Crippen molar-refractivity contribution in [2.45, 2.75) is 137 Å². The van der Waals surface area contributed by atoms with Crippen LogP contribution in [-0.2, 0) is 18.4 Å². The van der Waals surface area contributed by atoms with Gasteiger partial charge >= 0.3 is 5.97 Å². The third kappa shape index (κ3) is 12.7. The number of aromatic nitrogens is 1. The van der Waals surface area contributed by atoms with Crippen LogP contribution in [0.25, 0.3) is 6.08 Å². The molecule has 0 amide bonds. The van der Waals surface area contributed by atoms with E-state index in [-0.39, 0.29) is 29.4 Å². The van der Waals surface area contributed by atoms with E-state index in [0.29, 0.717) is 6.42 Å². The number of carbonyl (C=O) groups excluding carboxylic acids is 1. The molecular weight excluding hydrogens is 807 g/mol. The summed E-state index contributed by atoms with van der Waals surface area (Å²) in [6, 6.07) is 31.7. The first kappa shape index (κ1) is 49.9. The number of hydrogen-bond donors (Lipinski definition) is 1. The Hall–Kier alpha value is -3.71. The minimum Gasteiger partial charge on any atom is -0.457 e. The highest BCUT2D eigenvalue weighted by molar-refractivity contribution is 7.09. The quantitative estimate of drug-likeness (QED) is 0.0263. The highest BCUT2D eigenvalue weighted by Crippen LogP contribution is 2.44. The van der Waals surface area contributed by atoms with Crippen LogP contribution in [0.5, 0.6) is 0 Å². The van der Waals surface area contributed by atoms with E-state index in [1.54, 1.807) is 17.4 Å². The normalized spacial score (nSPS) is 15.9. The fourth-order valence-electron chi connectivity index (χ4n) is 8.10. The number of esters is 1. The van der Waals surface area contributed by atoms with E-state index in [4.69, 9.17) is 13.6 Å². The van der Waals surface area contributed by atoms with E-state index >= 15 is 0 Å². The number of nitrogens with zero attached hydrogens (tertiary/aromatic N) is 1. The molecule has 6 nitrogen and oxygen atoms in total. The molecule has 0 unspecified atom stereocenters. The van der Waals surface area contributed by atoms with Crippen molar-refractivity contribution in [3.63, 3.8) is 0 Å². The molecular formula is C52H73NO5SSi2. The number of aryl methyl sites for hydroxylation is 1. The van der Waals surface area contributed by atoms with E-state index in [1.165, 1.54) is 0 Å². The van der Waals surface area contributed by atoms with Crippen LogP contribution in [0.15, 0.2) is 127 Å². The first-order chi connectivity index (χ1) is 28.8. The number of benzene rings is 3. The van der Waals surface area contributed by atoms with Crippen molar-refractivity contribution >= 4 is 55.6 Å². The number of rotatable bonds is 23. The van der Waals surface area contributed by atoms with Gasteiger partial charge in [0.05, 0.1) is 35.4 Å². The summed E-state index contributed by atoms with van der Waals surface area (Å²) >= 11 is 1.58. The van der Waals surface area contributed by atoms with Crippen molar-refractivity contribution in [2.75, 3.05) is 0 Å². The van der Waals surface area contributed by atoms with Gasteiger partial charge < -0.3 is 18.7 Å². The highest BCUT2D eigenvalue weighted by Gasteiger charge is 2.53. The standard InChI is InChI=1S/C52H73NO5SSi2/c1-14-16-20-28-38(3)49(57-60(12,13)51(7,8)9)40(5)50(52(10,11)47(54)36-48(55)56-46(27-15-2)39(4)35-42-37-59-41(6)53-42)58-61(43-29-21-17-22-30-43,44-31-23-18-24-32-44)45-33-25-19-26-34-45/h14-15,17-19,21-26,29-35,37-38,40,46-47,49-50,54H,1-2,16,20,27-28,36H2,3-13H3/b39-35+/t38-,40+,46-,47-,49-,50+/m0/s1. The summed E-state index contributed by atoms with van der Waals surface area (Å²) in [4.78, 5) is 18.6. The van der Waals surface area contributed by atoms with E-state index in [2.05, 4.69) is 152 Å². The number of thiazole rings is 1. The third-order valence-corrected chi connectivity index (χ3v) is 22.1. The maximum absolute atomic E-state index is 14.1. The Labute approximate surface area is 374 Å². The molecule has 9 heteroatoms. The molecule has 330 valence electrons. The zero-order valence-electron chi connectivity index (χ0n) is 38.8. The molecule has 1 aromatic heterocycles. The van der Waals surface area contributed by atoms with Gasteiger partial charge in [-0.25, -0.2) is 4.98 Å². The zero-order valence-corrected chi connectivity index (χ0v) is 41.6. The predicted molar refractivity (Wildman–Crippen MR) is 263 cm³/mol. The van der Waals surface area contributed by atoms with Gasteiger partial charge in [-0.2, -0.15) is 0 Å². The first-order valence-electron chi connectivity index (χ1n) is 22.0. The van der Waals surface area contributed by atoms with Crippen LogP contribution >= 0.6 is 11.3 Å². The SMILES string of the molecule is C=CCCC[C@H](C)[C@H](O[Si](C)(C)C(C)(C)C)[C@@H](C)[C@@H](O[Si](c1ccccc1)(c1ccccc1)c1ccccc1)C(C)(C)[C@@H](O)CC(=O)O[C@@H](CC=C)/C(C)=C/c1csc(C)n1. The van der Waals surface area contributed by atoms with Gasteiger partial charge in [-0.1, -0.05) is 152 Å². The van der Waals surface area contributed by atoms with Crippen LogP contribution in [-0.4, -0.2) is 57.1 Å². The molecule has 0 aliphatic rings. The highest BCUT2D eigenvalue weighted by atomic mass is 32.1. The van der Waals surface area contributed by atoms with E-state index in [1.807, 2.05) is 49.6 Å². The maximum atomic E-state index is 14.1. The molecule has 0 saturated carbocycles. The number of hydrogen-bond acceptors (Lipinski definition) is 7. The molecule has 0 fully saturated rings. The van der Waals surface area contributed by atoms with E-state index in [9.17, 15) is 9.90 Å². The molecule has 6 atom stereocenters. The van der Waals surface area contributed by atoms with Gasteiger partial charge in [0.25, 0.3) is 8.32 Å². The van der Waals surface area contributed by atoms with Crippen LogP contribution in [0, 0.1) is 24.2 Å². The van der Waals surface area contributed by atoms with E-state index < -0.39 is 46.3 Å². The lowest BCUT2D eigenvalue weighted by molar-refractivity contribution is -0.154. The Balaban J connectivity index is 1.90. The maximum Gasteiger partial charge on any atom is 0.309 e. The van der Waals surface area contributed by atoms with Crippen molar-refractivity contribution in [3.05, 3.63) is 138 Å². The second-order valence-electron chi connectivity index (χ2n) is 18.9. The molecule has 4 rings (SSSR count). The first-order valence-corrected chi connectivity index (χ1v) is 27.7. The topological polar surface area (TPSA) is 77.9 Å². The second kappa shape index (κ2) is 22.1. The average Bonchev–Trinajstić information content (AvgIpc) is 3.64. The van der Waals surface area contributed by atoms with Crippen molar-refractivity contribution < 1.29 is 23.5 Å². The van der Waals surface area contributed by atoms with Gasteiger partial charge in [0.1, 0.15) is 6.10 Å². The van der Waals surface area contributed by atoms with Gasteiger partial charge in [0.15, 0.2) is 8.32 Å². The summed E-state index contributed by atoms with van der Waals surface area (Å²) in [5, 5.41) is 18.8. The molecule has 0 spiro atoms. The number of aliphatic hydroxyl groups is 1. The predicted octanol–water partition coefficient (Wildman–Crippen LogP) is 11.2. The van der Waals surface area contributed by atoms with Crippen LogP contribution in [0.1, 0.15) is 98.2 Å². The van der Waals surface area contributed by atoms with Crippen LogP contribution in [0.4, 0.5) is 0 Å². The van der Waals surface area contributed by atoms with Crippen LogP contribution in [0.3, 0.4) is 0 Å². The lowest BCUT2D eigenvalue weighted by Gasteiger charge is -2.51. The summed E-state index contributed by atoms with van der Waals surface area (Å²) in [5.41, 5.74) is 0.723. The molecule has 0 saturated heterocycles. The molecule has 0 bridgehead atoms. The molecule has 1 N–H and O–H groups in total. The minimum absolute atomic E-state index is 0.0373. The summed E-state index contributed by atoms with van der Waals surface area (Å²) < 4.78 is 21.8. The van der Waals surface area contributed by atoms with Gasteiger partial charge in [-0.05, 0) is 84.4 Å². The number of aliphatic hydroxyl groups excluding tert-OH is 1. The molecule has 0 radical (unpaired) electrons. The number of allylic oxidation sites excluding steroid dienone is 1. The third-order valence-electron chi connectivity index (χ3n) is 12.8. The summed E-state index contributed by atoms with van der Waals surface area (Å²) in [7, 11) is -5.68. The van der Waals surface area contributed by atoms with Gasteiger partial charge in [-0.15, -0.1) is 24.5 Å². The molecule has 1 heterocycles. The number of unbranched alkanes of at least 4 members (excludes halogenated alkanes) is 1. The second-order valence-corrected chi connectivity index (χ2v) is 28.1. The zero-order chi connectivity index (χ0) is 45.0. The Bertz CT molecular complexity index is 1910. The largest absolute Gasteiger partial charge is 0.457 e. The molecule has 61 heavy (non-hydrogen) atoms. The van der Waals surface area contributed by atoms with Crippen LogP contribution in [0.2, 0.25) is 18.1 Å².